The molecule has 0 N–H and O–H groups in total. The Morgan fingerprint density at radius 2 is 1.47 bits per heavy atom. The quantitative estimate of drug-likeness (QED) is 0.555. The summed E-state index contributed by atoms with van der Waals surface area (Å²) in [6.07, 6.45) is 12.8. The van der Waals surface area contributed by atoms with Crippen LogP contribution in [0.2, 0.25) is 0 Å². The summed E-state index contributed by atoms with van der Waals surface area (Å²) in [5.74, 6) is 0.841. The molecule has 0 aromatic carbocycles. The van der Waals surface area contributed by atoms with Gasteiger partial charge in [-0.3, -0.25) is 0 Å². The normalized spacial score (nSPS) is 10.8. The second-order valence-corrected chi connectivity index (χ2v) is 5.50. The number of unbranched alkanes of at least 4 members (excludes halogenated alkanes) is 8. The molecule has 1 heterocycles. The van der Waals surface area contributed by atoms with Gasteiger partial charge >= 0.3 is 5.63 Å². The van der Waals surface area contributed by atoms with Crippen LogP contribution in [0.15, 0.2) is 21.3 Å². The highest BCUT2D eigenvalue weighted by atomic mass is 16.4. The molecule has 19 heavy (non-hydrogen) atoms. The van der Waals surface area contributed by atoms with Crippen molar-refractivity contribution in [3.63, 3.8) is 0 Å². The van der Waals surface area contributed by atoms with Crippen molar-refractivity contribution in [2.45, 2.75) is 78.1 Å². The minimum absolute atomic E-state index is 0.217. The first-order valence-corrected chi connectivity index (χ1v) is 7.83. The molecule has 0 atom stereocenters. The molecular formula is C17H28O2. The average Bonchev–Trinajstić information content (AvgIpc) is 2.36. The van der Waals surface area contributed by atoms with E-state index in [0.717, 1.165) is 24.2 Å². The summed E-state index contributed by atoms with van der Waals surface area (Å²) < 4.78 is 5.17. The zero-order chi connectivity index (χ0) is 13.9. The Labute approximate surface area is 117 Å². The molecule has 2 heteroatoms. The Kier molecular flexibility index (Phi) is 8.28. The van der Waals surface area contributed by atoms with Crippen LogP contribution in [0, 0.1) is 6.92 Å². The van der Waals surface area contributed by atoms with Gasteiger partial charge in [0.2, 0.25) is 0 Å². The van der Waals surface area contributed by atoms with E-state index in [0.29, 0.717) is 0 Å². The van der Waals surface area contributed by atoms with Gasteiger partial charge in [0.25, 0.3) is 0 Å². The van der Waals surface area contributed by atoms with Gasteiger partial charge in [0.05, 0.1) is 0 Å². The molecule has 0 aliphatic rings. The highest BCUT2D eigenvalue weighted by Crippen LogP contribution is 2.11. The van der Waals surface area contributed by atoms with Crippen molar-refractivity contribution in [3.05, 3.63) is 33.9 Å². The van der Waals surface area contributed by atoms with Crippen molar-refractivity contribution in [2.24, 2.45) is 0 Å². The lowest BCUT2D eigenvalue weighted by Gasteiger charge is -2.02. The third-order valence-electron chi connectivity index (χ3n) is 3.49. The van der Waals surface area contributed by atoms with Gasteiger partial charge in [-0.25, -0.2) is 4.79 Å². The fourth-order valence-electron chi connectivity index (χ4n) is 2.40. The topological polar surface area (TPSA) is 30.2 Å². The summed E-state index contributed by atoms with van der Waals surface area (Å²) in [5.41, 5.74) is 0.785. The predicted molar refractivity (Wildman–Crippen MR) is 80.6 cm³/mol. The van der Waals surface area contributed by atoms with E-state index in [1.54, 1.807) is 6.07 Å². The first kappa shape index (κ1) is 16.0. The van der Waals surface area contributed by atoms with E-state index in [1.807, 2.05) is 13.0 Å². The average molecular weight is 264 g/mol. The van der Waals surface area contributed by atoms with Crippen LogP contribution in [0.4, 0.5) is 0 Å². The maximum atomic E-state index is 11.2. The first-order valence-electron chi connectivity index (χ1n) is 7.83. The van der Waals surface area contributed by atoms with Crippen molar-refractivity contribution in [3.8, 4) is 0 Å². The largest absolute Gasteiger partial charge is 0.428 e. The summed E-state index contributed by atoms with van der Waals surface area (Å²) >= 11 is 0. The highest BCUT2D eigenvalue weighted by molar-refractivity contribution is 5.11. The van der Waals surface area contributed by atoms with Crippen molar-refractivity contribution in [1.29, 1.82) is 0 Å². The van der Waals surface area contributed by atoms with Gasteiger partial charge in [-0.15, -0.1) is 0 Å². The maximum absolute atomic E-state index is 11.2. The fraction of sp³-hybridized carbons (Fsp3) is 0.706. The predicted octanol–water partition coefficient (Wildman–Crippen LogP) is 5.02. The minimum atomic E-state index is -0.217. The molecule has 0 spiro atoms. The van der Waals surface area contributed by atoms with Crippen molar-refractivity contribution in [2.75, 3.05) is 0 Å². The van der Waals surface area contributed by atoms with Crippen LogP contribution in [-0.4, -0.2) is 0 Å². The van der Waals surface area contributed by atoms with Gasteiger partial charge in [-0.1, -0.05) is 58.3 Å². The summed E-state index contributed by atoms with van der Waals surface area (Å²) in [4.78, 5) is 11.2. The first-order chi connectivity index (χ1) is 9.22. The lowest BCUT2D eigenvalue weighted by Crippen LogP contribution is -2.00. The Morgan fingerprint density at radius 3 is 2.05 bits per heavy atom. The molecule has 0 fully saturated rings. The third kappa shape index (κ3) is 7.86. The summed E-state index contributed by atoms with van der Waals surface area (Å²) in [6, 6.07) is 3.52. The van der Waals surface area contributed by atoms with Crippen molar-refractivity contribution < 1.29 is 4.42 Å². The molecule has 108 valence electrons. The van der Waals surface area contributed by atoms with Crippen LogP contribution in [0.1, 0.15) is 76.0 Å². The fourth-order valence-corrected chi connectivity index (χ4v) is 2.40. The summed E-state index contributed by atoms with van der Waals surface area (Å²) in [6.45, 7) is 4.19. The van der Waals surface area contributed by atoms with Gasteiger partial charge in [-0.05, 0) is 25.0 Å². The molecule has 0 amide bonds. The second kappa shape index (κ2) is 9.82. The molecular weight excluding hydrogens is 236 g/mol. The number of aryl methyl sites for hydroxylation is 2. The van der Waals surface area contributed by atoms with E-state index >= 15 is 0 Å². The zero-order valence-corrected chi connectivity index (χ0v) is 12.5. The lowest BCUT2D eigenvalue weighted by atomic mass is 10.1. The standard InChI is InChI=1S/C17H28O2/c1-3-4-5-6-7-8-9-10-11-12-16-13-15(2)14-17(18)19-16/h13-14H,3-12H2,1-2H3. The van der Waals surface area contributed by atoms with E-state index in [1.165, 1.54) is 51.4 Å². The van der Waals surface area contributed by atoms with E-state index in [9.17, 15) is 4.79 Å². The molecule has 2 nitrogen and oxygen atoms in total. The molecule has 0 unspecified atom stereocenters. The number of hydrogen-bond donors (Lipinski definition) is 0. The van der Waals surface area contributed by atoms with Gasteiger partial charge in [-0.2, -0.15) is 0 Å². The number of rotatable bonds is 10. The Morgan fingerprint density at radius 1 is 0.895 bits per heavy atom. The van der Waals surface area contributed by atoms with Crippen LogP contribution in [0.5, 0.6) is 0 Å². The third-order valence-corrected chi connectivity index (χ3v) is 3.49. The van der Waals surface area contributed by atoms with Crippen LogP contribution in [-0.2, 0) is 6.42 Å². The van der Waals surface area contributed by atoms with Crippen LogP contribution in [0.3, 0.4) is 0 Å². The molecule has 1 aromatic heterocycles. The van der Waals surface area contributed by atoms with Crippen molar-refractivity contribution in [1.82, 2.24) is 0 Å². The second-order valence-electron chi connectivity index (χ2n) is 5.50. The maximum Gasteiger partial charge on any atom is 0.336 e. The van der Waals surface area contributed by atoms with Gasteiger partial charge in [0, 0.05) is 12.5 Å². The van der Waals surface area contributed by atoms with Crippen LogP contribution < -0.4 is 5.63 Å². The molecule has 0 aliphatic heterocycles. The minimum Gasteiger partial charge on any atom is -0.428 e. The zero-order valence-electron chi connectivity index (χ0n) is 12.5. The van der Waals surface area contributed by atoms with E-state index in [4.69, 9.17) is 4.42 Å². The monoisotopic (exact) mass is 264 g/mol. The van der Waals surface area contributed by atoms with Crippen LogP contribution >= 0.6 is 0 Å². The summed E-state index contributed by atoms with van der Waals surface area (Å²) in [7, 11) is 0. The molecule has 0 bridgehead atoms. The molecule has 0 radical (unpaired) electrons. The van der Waals surface area contributed by atoms with Gasteiger partial charge in [0.1, 0.15) is 5.76 Å². The van der Waals surface area contributed by atoms with E-state index in [-0.39, 0.29) is 5.63 Å². The SMILES string of the molecule is CCCCCCCCCCCc1cc(C)cc(=O)o1. The Bertz CT molecular complexity index is 392. The van der Waals surface area contributed by atoms with Crippen molar-refractivity contribution >= 4 is 0 Å². The summed E-state index contributed by atoms with van der Waals surface area (Å²) in [5, 5.41) is 0. The molecule has 0 aliphatic carbocycles. The molecule has 1 rings (SSSR count). The van der Waals surface area contributed by atoms with Gasteiger partial charge in [0.15, 0.2) is 0 Å². The number of hydrogen-bond acceptors (Lipinski definition) is 2. The Hall–Kier alpha value is -1.05. The molecule has 0 saturated carbocycles. The van der Waals surface area contributed by atoms with E-state index < -0.39 is 0 Å². The molecule has 1 aromatic rings. The smallest absolute Gasteiger partial charge is 0.336 e. The highest BCUT2D eigenvalue weighted by Gasteiger charge is 1.99. The molecule has 0 saturated heterocycles. The van der Waals surface area contributed by atoms with Crippen LogP contribution in [0.25, 0.3) is 0 Å². The van der Waals surface area contributed by atoms with E-state index in [2.05, 4.69) is 6.92 Å². The Balaban J connectivity index is 2.03. The van der Waals surface area contributed by atoms with Gasteiger partial charge < -0.3 is 4.42 Å². The lowest BCUT2D eigenvalue weighted by molar-refractivity contribution is 0.446.